The molecule has 0 spiro atoms. The van der Waals surface area contributed by atoms with E-state index in [1.807, 2.05) is 24.3 Å². The van der Waals surface area contributed by atoms with Gasteiger partial charge in [0.1, 0.15) is 0 Å². The van der Waals surface area contributed by atoms with Gasteiger partial charge in [-0.3, -0.25) is 0 Å². The van der Waals surface area contributed by atoms with E-state index in [0.717, 1.165) is 18.5 Å². The molecule has 1 N–H and O–H groups in total. The Labute approximate surface area is 122 Å². The van der Waals surface area contributed by atoms with E-state index in [9.17, 15) is 5.11 Å². The van der Waals surface area contributed by atoms with E-state index in [2.05, 4.69) is 39.6 Å². The monoisotopic (exact) mass is 283 g/mol. The standard InChI is InChI=1S/C16H26ClNO/c1-12(16(2,3)4)18(5)11-10-15(19)13-6-8-14(17)9-7-13/h6-9,12,15,19H,10-11H2,1-5H3. The highest BCUT2D eigenvalue weighted by atomic mass is 35.5. The number of rotatable bonds is 5. The minimum Gasteiger partial charge on any atom is -0.388 e. The van der Waals surface area contributed by atoms with Crippen LogP contribution in [-0.4, -0.2) is 29.6 Å². The molecule has 0 bridgehead atoms. The van der Waals surface area contributed by atoms with Crippen LogP contribution in [0.5, 0.6) is 0 Å². The average molecular weight is 284 g/mol. The van der Waals surface area contributed by atoms with Crippen LogP contribution in [0.1, 0.15) is 45.8 Å². The molecular formula is C16H26ClNO. The summed E-state index contributed by atoms with van der Waals surface area (Å²) < 4.78 is 0. The normalized spacial score (nSPS) is 15.6. The molecule has 0 aliphatic carbocycles. The third-order valence-electron chi connectivity index (χ3n) is 3.92. The quantitative estimate of drug-likeness (QED) is 0.878. The van der Waals surface area contributed by atoms with Crippen molar-refractivity contribution in [2.75, 3.05) is 13.6 Å². The maximum absolute atomic E-state index is 10.2. The maximum atomic E-state index is 10.2. The van der Waals surface area contributed by atoms with Crippen LogP contribution in [0, 0.1) is 5.41 Å². The first kappa shape index (κ1) is 16.5. The van der Waals surface area contributed by atoms with Crippen LogP contribution in [0.15, 0.2) is 24.3 Å². The van der Waals surface area contributed by atoms with Crippen molar-refractivity contribution in [3.8, 4) is 0 Å². The zero-order valence-corrected chi connectivity index (χ0v) is 13.4. The molecule has 0 heterocycles. The van der Waals surface area contributed by atoms with E-state index < -0.39 is 6.10 Å². The fourth-order valence-electron chi connectivity index (χ4n) is 2.03. The molecule has 0 aliphatic rings. The van der Waals surface area contributed by atoms with Crippen LogP contribution in [0.2, 0.25) is 5.02 Å². The van der Waals surface area contributed by atoms with Crippen LogP contribution in [0.25, 0.3) is 0 Å². The first-order valence-corrected chi connectivity index (χ1v) is 7.23. The predicted octanol–water partition coefficient (Wildman–Crippen LogP) is 4.13. The van der Waals surface area contributed by atoms with Crippen LogP contribution in [0.4, 0.5) is 0 Å². The van der Waals surface area contributed by atoms with Crippen molar-refractivity contribution in [1.82, 2.24) is 4.90 Å². The third-order valence-corrected chi connectivity index (χ3v) is 4.18. The van der Waals surface area contributed by atoms with Crippen molar-refractivity contribution in [3.05, 3.63) is 34.9 Å². The molecule has 19 heavy (non-hydrogen) atoms. The Balaban J connectivity index is 2.50. The van der Waals surface area contributed by atoms with Crippen molar-refractivity contribution < 1.29 is 5.11 Å². The Morgan fingerprint density at radius 3 is 2.21 bits per heavy atom. The van der Waals surface area contributed by atoms with Gasteiger partial charge in [0.2, 0.25) is 0 Å². The third kappa shape index (κ3) is 5.13. The number of nitrogens with zero attached hydrogens (tertiary/aromatic N) is 1. The van der Waals surface area contributed by atoms with E-state index in [4.69, 9.17) is 11.6 Å². The zero-order valence-electron chi connectivity index (χ0n) is 12.7. The average Bonchev–Trinajstić information content (AvgIpc) is 2.34. The largest absolute Gasteiger partial charge is 0.388 e. The summed E-state index contributed by atoms with van der Waals surface area (Å²) in [5.74, 6) is 0. The van der Waals surface area contributed by atoms with Crippen molar-refractivity contribution in [2.24, 2.45) is 5.41 Å². The van der Waals surface area contributed by atoms with Gasteiger partial charge in [-0.25, -0.2) is 0 Å². The lowest BCUT2D eigenvalue weighted by molar-refractivity contribution is 0.104. The molecular weight excluding hydrogens is 258 g/mol. The van der Waals surface area contributed by atoms with Gasteiger partial charge < -0.3 is 10.0 Å². The Bertz CT molecular complexity index is 383. The highest BCUT2D eigenvalue weighted by Crippen LogP contribution is 2.25. The Morgan fingerprint density at radius 2 is 1.74 bits per heavy atom. The first-order valence-electron chi connectivity index (χ1n) is 6.85. The van der Waals surface area contributed by atoms with Gasteiger partial charge >= 0.3 is 0 Å². The Hall–Kier alpha value is -0.570. The lowest BCUT2D eigenvalue weighted by Gasteiger charge is -2.35. The lowest BCUT2D eigenvalue weighted by atomic mass is 9.87. The molecule has 0 radical (unpaired) electrons. The van der Waals surface area contributed by atoms with Gasteiger partial charge in [0.05, 0.1) is 6.10 Å². The van der Waals surface area contributed by atoms with E-state index >= 15 is 0 Å². The Morgan fingerprint density at radius 1 is 1.21 bits per heavy atom. The highest BCUT2D eigenvalue weighted by molar-refractivity contribution is 6.30. The zero-order chi connectivity index (χ0) is 14.6. The van der Waals surface area contributed by atoms with Gasteiger partial charge in [-0.15, -0.1) is 0 Å². The van der Waals surface area contributed by atoms with Crippen LogP contribution in [-0.2, 0) is 0 Å². The molecule has 0 aromatic heterocycles. The molecule has 108 valence electrons. The van der Waals surface area contributed by atoms with Gasteiger partial charge in [0, 0.05) is 17.6 Å². The van der Waals surface area contributed by atoms with E-state index in [0.29, 0.717) is 11.1 Å². The maximum Gasteiger partial charge on any atom is 0.0802 e. The van der Waals surface area contributed by atoms with Gasteiger partial charge in [-0.2, -0.15) is 0 Å². The van der Waals surface area contributed by atoms with Crippen molar-refractivity contribution in [2.45, 2.75) is 46.3 Å². The van der Waals surface area contributed by atoms with Gasteiger partial charge in [-0.1, -0.05) is 44.5 Å². The summed E-state index contributed by atoms with van der Waals surface area (Å²) in [4.78, 5) is 2.30. The van der Waals surface area contributed by atoms with Crippen molar-refractivity contribution in [3.63, 3.8) is 0 Å². The van der Waals surface area contributed by atoms with Gasteiger partial charge in [0.15, 0.2) is 0 Å². The first-order chi connectivity index (χ1) is 8.71. The van der Waals surface area contributed by atoms with Gasteiger partial charge in [-0.05, 0) is 43.5 Å². The summed E-state index contributed by atoms with van der Waals surface area (Å²) in [7, 11) is 2.12. The fraction of sp³-hybridized carbons (Fsp3) is 0.625. The number of halogens is 1. The van der Waals surface area contributed by atoms with Crippen molar-refractivity contribution >= 4 is 11.6 Å². The molecule has 0 fully saturated rings. The smallest absolute Gasteiger partial charge is 0.0802 e. The molecule has 2 nitrogen and oxygen atoms in total. The molecule has 0 saturated carbocycles. The van der Waals surface area contributed by atoms with Crippen LogP contribution < -0.4 is 0 Å². The molecule has 1 aromatic carbocycles. The summed E-state index contributed by atoms with van der Waals surface area (Å²) in [5, 5.41) is 10.9. The van der Waals surface area contributed by atoms with E-state index in [-0.39, 0.29) is 5.41 Å². The number of hydrogen-bond donors (Lipinski definition) is 1. The SMILES string of the molecule is CC(N(C)CCC(O)c1ccc(Cl)cc1)C(C)(C)C. The minimum atomic E-state index is -0.424. The second kappa shape index (κ2) is 6.74. The van der Waals surface area contributed by atoms with Gasteiger partial charge in [0.25, 0.3) is 0 Å². The number of benzene rings is 1. The highest BCUT2D eigenvalue weighted by Gasteiger charge is 2.24. The lowest BCUT2D eigenvalue weighted by Crippen LogP contribution is -2.40. The summed E-state index contributed by atoms with van der Waals surface area (Å²) in [6, 6.07) is 7.90. The molecule has 0 saturated heterocycles. The number of aliphatic hydroxyl groups excluding tert-OH is 1. The van der Waals surface area contributed by atoms with E-state index in [1.54, 1.807) is 0 Å². The summed E-state index contributed by atoms with van der Waals surface area (Å²) in [6.07, 6.45) is 0.310. The Kier molecular flexibility index (Phi) is 5.84. The molecule has 1 aromatic rings. The molecule has 0 amide bonds. The molecule has 0 aliphatic heterocycles. The second-order valence-corrected chi connectivity index (χ2v) is 6.82. The number of hydrogen-bond acceptors (Lipinski definition) is 2. The summed E-state index contributed by atoms with van der Waals surface area (Å²) in [5.41, 5.74) is 1.18. The molecule has 2 unspecified atom stereocenters. The number of aliphatic hydroxyl groups is 1. The van der Waals surface area contributed by atoms with E-state index in [1.165, 1.54) is 0 Å². The molecule has 1 rings (SSSR count). The summed E-state index contributed by atoms with van der Waals surface area (Å²) in [6.45, 7) is 9.83. The van der Waals surface area contributed by atoms with Crippen molar-refractivity contribution in [1.29, 1.82) is 0 Å². The molecule has 3 heteroatoms. The predicted molar refractivity (Wildman–Crippen MR) is 82.6 cm³/mol. The van der Waals surface area contributed by atoms with Crippen LogP contribution >= 0.6 is 11.6 Å². The topological polar surface area (TPSA) is 23.5 Å². The van der Waals surface area contributed by atoms with Crippen LogP contribution in [0.3, 0.4) is 0 Å². The molecule has 2 atom stereocenters. The fourth-order valence-corrected chi connectivity index (χ4v) is 2.16. The second-order valence-electron chi connectivity index (χ2n) is 6.38. The minimum absolute atomic E-state index is 0.250. The summed E-state index contributed by atoms with van der Waals surface area (Å²) >= 11 is 5.85.